The second-order valence-electron chi connectivity index (χ2n) is 6.00. The molecule has 1 aliphatic rings. The van der Waals surface area contributed by atoms with Crippen molar-refractivity contribution in [3.8, 4) is 0 Å². The molecule has 1 aliphatic heterocycles. The predicted octanol–water partition coefficient (Wildman–Crippen LogP) is 0.795. The van der Waals surface area contributed by atoms with Gasteiger partial charge in [0, 0.05) is 18.8 Å². The molecule has 1 amide bonds. The van der Waals surface area contributed by atoms with Gasteiger partial charge < -0.3 is 5.32 Å². The van der Waals surface area contributed by atoms with Crippen LogP contribution in [0.4, 0.5) is 5.69 Å². The normalized spacial score (nSPS) is 15.9. The Labute approximate surface area is 146 Å². The van der Waals surface area contributed by atoms with Gasteiger partial charge in [0.15, 0.2) is 0 Å². The highest BCUT2D eigenvalue weighted by Crippen LogP contribution is 2.25. The molecular weight excluding hydrogens is 344 g/mol. The third-order valence-corrected chi connectivity index (χ3v) is 6.03. The Morgan fingerprint density at radius 1 is 1.24 bits per heavy atom. The first-order chi connectivity index (χ1) is 12.0. The van der Waals surface area contributed by atoms with Gasteiger partial charge in [0.2, 0.25) is 15.9 Å². The quantitative estimate of drug-likeness (QED) is 0.840. The van der Waals surface area contributed by atoms with E-state index in [2.05, 4.69) is 20.8 Å². The van der Waals surface area contributed by atoms with E-state index >= 15 is 0 Å². The fraction of sp³-hybridized carbons (Fsp3) is 0.467. The summed E-state index contributed by atoms with van der Waals surface area (Å²) in [5.74, 6) is -0.331. The smallest absolute Gasteiger partial charge is 0.246 e. The Bertz CT molecular complexity index is 844. The van der Waals surface area contributed by atoms with Crippen LogP contribution < -0.4 is 5.32 Å². The first-order valence-corrected chi connectivity index (χ1v) is 9.52. The summed E-state index contributed by atoms with van der Waals surface area (Å²) in [5.41, 5.74) is 1.25. The van der Waals surface area contributed by atoms with Crippen LogP contribution in [0.2, 0.25) is 0 Å². The summed E-state index contributed by atoms with van der Waals surface area (Å²) in [4.78, 5) is 12.3. The highest BCUT2D eigenvalue weighted by atomic mass is 32.2. The SMILES string of the molecule is Cc1ccc(S(=O)(=O)N2CCCCC2)cc1NC(=O)Cn1cnnn1. The first kappa shape index (κ1) is 17.5. The Balaban J connectivity index is 1.79. The molecule has 25 heavy (non-hydrogen) atoms. The summed E-state index contributed by atoms with van der Waals surface area (Å²) in [7, 11) is -3.54. The van der Waals surface area contributed by atoms with E-state index in [0.29, 0.717) is 18.8 Å². The maximum atomic E-state index is 12.8. The van der Waals surface area contributed by atoms with Crippen LogP contribution in [0, 0.1) is 6.92 Å². The second-order valence-corrected chi connectivity index (χ2v) is 7.93. The number of nitrogens with zero attached hydrogens (tertiary/aromatic N) is 5. The third kappa shape index (κ3) is 4.02. The van der Waals surface area contributed by atoms with Crippen LogP contribution in [0.5, 0.6) is 0 Å². The zero-order valence-corrected chi connectivity index (χ0v) is 14.7. The van der Waals surface area contributed by atoms with Crippen molar-refractivity contribution in [2.45, 2.75) is 37.6 Å². The molecule has 1 N–H and O–H groups in total. The molecule has 2 aromatic rings. The van der Waals surface area contributed by atoms with Gasteiger partial charge in [-0.3, -0.25) is 4.79 Å². The van der Waals surface area contributed by atoms with E-state index in [1.165, 1.54) is 21.4 Å². The number of benzene rings is 1. The van der Waals surface area contributed by atoms with Crippen molar-refractivity contribution in [1.29, 1.82) is 0 Å². The number of sulfonamides is 1. The molecule has 1 aromatic carbocycles. The number of carbonyl (C=O) groups excluding carboxylic acids is 1. The van der Waals surface area contributed by atoms with E-state index in [4.69, 9.17) is 0 Å². The minimum absolute atomic E-state index is 0.0461. The van der Waals surface area contributed by atoms with Gasteiger partial charge in [-0.1, -0.05) is 12.5 Å². The van der Waals surface area contributed by atoms with Crippen molar-refractivity contribution in [3.05, 3.63) is 30.1 Å². The summed E-state index contributed by atoms with van der Waals surface area (Å²) >= 11 is 0. The van der Waals surface area contributed by atoms with Gasteiger partial charge in [-0.25, -0.2) is 13.1 Å². The molecule has 10 heteroatoms. The lowest BCUT2D eigenvalue weighted by atomic mass is 10.2. The molecule has 0 bridgehead atoms. The fourth-order valence-corrected chi connectivity index (χ4v) is 4.28. The number of amides is 1. The molecule has 9 nitrogen and oxygen atoms in total. The predicted molar refractivity (Wildman–Crippen MR) is 90.2 cm³/mol. The molecule has 1 aromatic heterocycles. The molecule has 0 aliphatic carbocycles. The van der Waals surface area contributed by atoms with Crippen LogP contribution in [0.1, 0.15) is 24.8 Å². The number of hydrogen-bond donors (Lipinski definition) is 1. The van der Waals surface area contributed by atoms with Crippen molar-refractivity contribution in [3.63, 3.8) is 0 Å². The van der Waals surface area contributed by atoms with Crippen molar-refractivity contribution >= 4 is 21.6 Å². The molecule has 0 atom stereocenters. The molecule has 1 fully saturated rings. The number of piperidine rings is 1. The topological polar surface area (TPSA) is 110 Å². The molecule has 0 unspecified atom stereocenters. The van der Waals surface area contributed by atoms with Gasteiger partial charge in [0.1, 0.15) is 12.9 Å². The Kier molecular flexibility index (Phi) is 5.09. The number of aromatic nitrogens is 4. The lowest BCUT2D eigenvalue weighted by Gasteiger charge is -2.26. The average Bonchev–Trinajstić information content (AvgIpc) is 3.10. The van der Waals surface area contributed by atoms with Gasteiger partial charge in [-0.15, -0.1) is 5.10 Å². The zero-order chi connectivity index (χ0) is 17.9. The van der Waals surface area contributed by atoms with Crippen molar-refractivity contribution in [1.82, 2.24) is 24.5 Å². The lowest BCUT2D eigenvalue weighted by Crippen LogP contribution is -2.35. The second kappa shape index (κ2) is 7.28. The van der Waals surface area contributed by atoms with Crippen molar-refractivity contribution < 1.29 is 13.2 Å². The number of carbonyl (C=O) groups is 1. The van der Waals surface area contributed by atoms with E-state index in [-0.39, 0.29) is 17.3 Å². The Morgan fingerprint density at radius 3 is 2.68 bits per heavy atom. The Hall–Kier alpha value is -2.33. The highest BCUT2D eigenvalue weighted by Gasteiger charge is 2.26. The average molecular weight is 364 g/mol. The molecule has 3 rings (SSSR count). The van der Waals surface area contributed by atoms with E-state index in [1.807, 2.05) is 6.92 Å². The zero-order valence-electron chi connectivity index (χ0n) is 13.9. The van der Waals surface area contributed by atoms with Crippen LogP contribution in [-0.4, -0.2) is 51.9 Å². The summed E-state index contributed by atoms with van der Waals surface area (Å²) in [6.07, 6.45) is 4.14. The van der Waals surface area contributed by atoms with Gasteiger partial charge in [-0.2, -0.15) is 4.31 Å². The van der Waals surface area contributed by atoms with Gasteiger partial charge in [-0.05, 0) is 47.9 Å². The molecular formula is C15H20N6O3S. The monoisotopic (exact) mass is 364 g/mol. The molecule has 134 valence electrons. The van der Waals surface area contributed by atoms with Gasteiger partial charge in [0.25, 0.3) is 0 Å². The molecule has 1 saturated heterocycles. The van der Waals surface area contributed by atoms with Crippen LogP contribution in [0.25, 0.3) is 0 Å². The summed E-state index contributed by atoms with van der Waals surface area (Å²) in [6, 6.07) is 4.79. The van der Waals surface area contributed by atoms with E-state index in [9.17, 15) is 13.2 Å². The summed E-state index contributed by atoms with van der Waals surface area (Å²) in [6.45, 7) is 2.84. The Morgan fingerprint density at radius 2 is 2.00 bits per heavy atom. The molecule has 2 heterocycles. The minimum atomic E-state index is -3.54. The van der Waals surface area contributed by atoms with Gasteiger partial charge >= 0.3 is 0 Å². The summed E-state index contributed by atoms with van der Waals surface area (Å²) in [5, 5.41) is 13.3. The number of tetrazole rings is 1. The summed E-state index contributed by atoms with van der Waals surface area (Å²) < 4.78 is 28.3. The number of aryl methyl sites for hydroxylation is 1. The lowest BCUT2D eigenvalue weighted by molar-refractivity contribution is -0.116. The number of nitrogens with one attached hydrogen (secondary N) is 1. The molecule has 0 spiro atoms. The van der Waals surface area contributed by atoms with Crippen molar-refractivity contribution in [2.75, 3.05) is 18.4 Å². The molecule has 0 saturated carbocycles. The number of hydrogen-bond acceptors (Lipinski definition) is 6. The van der Waals surface area contributed by atoms with Gasteiger partial charge in [0.05, 0.1) is 4.90 Å². The van der Waals surface area contributed by atoms with E-state index in [0.717, 1.165) is 24.8 Å². The van der Waals surface area contributed by atoms with E-state index < -0.39 is 10.0 Å². The largest absolute Gasteiger partial charge is 0.324 e. The van der Waals surface area contributed by atoms with Crippen LogP contribution in [-0.2, 0) is 21.4 Å². The maximum Gasteiger partial charge on any atom is 0.246 e. The minimum Gasteiger partial charge on any atom is -0.324 e. The first-order valence-electron chi connectivity index (χ1n) is 8.08. The highest BCUT2D eigenvalue weighted by molar-refractivity contribution is 7.89. The number of anilines is 1. The fourth-order valence-electron chi connectivity index (χ4n) is 2.74. The van der Waals surface area contributed by atoms with E-state index in [1.54, 1.807) is 12.1 Å². The van der Waals surface area contributed by atoms with Crippen LogP contribution in [0.3, 0.4) is 0 Å². The number of rotatable bonds is 5. The van der Waals surface area contributed by atoms with Crippen molar-refractivity contribution in [2.24, 2.45) is 0 Å². The van der Waals surface area contributed by atoms with Crippen LogP contribution >= 0.6 is 0 Å². The maximum absolute atomic E-state index is 12.8. The van der Waals surface area contributed by atoms with Crippen LogP contribution in [0.15, 0.2) is 29.4 Å². The molecule has 0 radical (unpaired) electrons. The third-order valence-electron chi connectivity index (χ3n) is 4.13. The standard InChI is InChI=1S/C15H20N6O3S/c1-12-5-6-13(25(23,24)21-7-3-2-4-8-21)9-14(12)17-15(22)10-20-11-16-18-19-20/h5-6,9,11H,2-4,7-8,10H2,1H3,(H,17,22).